The third-order valence-electron chi connectivity index (χ3n) is 7.17. The lowest BCUT2D eigenvalue weighted by atomic mass is 10.1. The number of rotatable bonds is 9. The van der Waals surface area contributed by atoms with E-state index in [4.69, 9.17) is 16.3 Å². The van der Waals surface area contributed by atoms with Crippen LogP contribution >= 0.6 is 11.6 Å². The fourth-order valence-electron chi connectivity index (χ4n) is 5.02. The molecule has 2 amide bonds. The van der Waals surface area contributed by atoms with Crippen molar-refractivity contribution in [2.24, 2.45) is 0 Å². The molecule has 2 aliphatic rings. The minimum atomic E-state index is -3.59. The van der Waals surface area contributed by atoms with Crippen molar-refractivity contribution < 1.29 is 22.7 Å². The van der Waals surface area contributed by atoms with E-state index in [-0.39, 0.29) is 56.8 Å². The van der Waals surface area contributed by atoms with Gasteiger partial charge in [0, 0.05) is 6.54 Å². The second-order valence-corrected chi connectivity index (χ2v) is 13.9. The Balaban J connectivity index is 1.48. The summed E-state index contributed by atoms with van der Waals surface area (Å²) >= 11 is 6.40. The van der Waals surface area contributed by atoms with Gasteiger partial charge in [-0.15, -0.1) is 0 Å². The summed E-state index contributed by atoms with van der Waals surface area (Å²) in [5, 5.41) is 5.67. The number of sulfone groups is 1. The summed E-state index contributed by atoms with van der Waals surface area (Å²) in [5.74, 6) is -0.0326. The van der Waals surface area contributed by atoms with Crippen LogP contribution in [0.1, 0.15) is 54.8 Å². The molecule has 222 valence electrons. The molecule has 0 spiro atoms. The molecule has 3 heterocycles. The Labute approximate surface area is 250 Å². The number of aromatic nitrogens is 2. The van der Waals surface area contributed by atoms with Crippen molar-refractivity contribution in [1.82, 2.24) is 19.8 Å². The smallest absolute Gasteiger partial charge is 0.261 e. The maximum Gasteiger partial charge on any atom is 0.261 e. The highest BCUT2D eigenvalue weighted by Crippen LogP contribution is 2.38. The molecule has 1 saturated heterocycles. The number of likely N-dealkylation sites (N-methyl/N-ethyl adjacent to an activating group) is 1. The highest BCUT2D eigenvalue weighted by molar-refractivity contribution is 7.92. The second kappa shape index (κ2) is 11.5. The molecule has 0 aliphatic carbocycles. The van der Waals surface area contributed by atoms with Gasteiger partial charge in [-0.25, -0.2) is 13.4 Å². The van der Waals surface area contributed by atoms with Crippen molar-refractivity contribution in [1.29, 1.82) is 0 Å². The van der Waals surface area contributed by atoms with Crippen LogP contribution in [0.4, 0.5) is 23.1 Å². The largest absolute Gasteiger partial charge is 0.489 e. The number of benzene rings is 2. The number of hydrogen-bond acceptors (Lipinski definition) is 10. The number of likely N-dealkylation sites (tertiary alicyclic amines) is 1. The summed E-state index contributed by atoms with van der Waals surface area (Å²) in [7, 11) is -1.63. The standard InChI is InChI=1S/C29H33ClN6O5S/c1-16(2)41-24-13-20-19(27(37)36(28(20)38)18-10-11-35(5)15-18)12-23(24)33-29-31-14-21(30)26(34-29)32-22-8-6-7-9-25(22)42(39,40)17(3)4/h6-9,12-14,16-18H,10-11,15H2,1-5H3,(H2,31,32,33,34)/t18-/m0/s1. The molecule has 3 aromatic rings. The highest BCUT2D eigenvalue weighted by atomic mass is 35.5. The lowest BCUT2D eigenvalue weighted by Crippen LogP contribution is -2.41. The number of nitrogens with zero attached hydrogens (tertiary/aromatic N) is 4. The van der Waals surface area contributed by atoms with E-state index in [2.05, 4.69) is 25.5 Å². The van der Waals surface area contributed by atoms with E-state index in [0.717, 1.165) is 13.0 Å². The molecule has 0 radical (unpaired) electrons. The maximum atomic E-state index is 13.4. The van der Waals surface area contributed by atoms with Gasteiger partial charge in [-0.1, -0.05) is 23.7 Å². The molecular formula is C29H33ClN6O5S. The van der Waals surface area contributed by atoms with Crippen LogP contribution in [0.15, 0.2) is 47.5 Å². The third-order valence-corrected chi connectivity index (χ3v) is 9.66. The molecule has 0 unspecified atom stereocenters. The number of imide groups is 1. The number of nitrogens with one attached hydrogen (secondary N) is 2. The summed E-state index contributed by atoms with van der Waals surface area (Å²) in [6.07, 6.45) is 1.87. The first-order valence-electron chi connectivity index (χ1n) is 13.7. The molecule has 2 aromatic carbocycles. The van der Waals surface area contributed by atoms with Gasteiger partial charge in [-0.05, 0) is 72.0 Å². The van der Waals surface area contributed by atoms with E-state index in [1.807, 2.05) is 20.9 Å². The Hall–Kier alpha value is -3.74. The zero-order chi connectivity index (χ0) is 30.3. The molecule has 13 heteroatoms. The average Bonchev–Trinajstić information content (AvgIpc) is 3.45. The lowest BCUT2D eigenvalue weighted by Gasteiger charge is -2.21. The molecule has 1 atom stereocenters. The summed E-state index contributed by atoms with van der Waals surface area (Å²) in [6.45, 7) is 8.38. The summed E-state index contributed by atoms with van der Waals surface area (Å²) in [4.78, 5) is 39.1. The first-order chi connectivity index (χ1) is 19.9. The summed E-state index contributed by atoms with van der Waals surface area (Å²) in [6, 6.07) is 9.49. The molecule has 1 aromatic heterocycles. The average molecular weight is 613 g/mol. The maximum absolute atomic E-state index is 13.4. The topological polar surface area (TPSA) is 134 Å². The fraction of sp³-hybridized carbons (Fsp3) is 0.379. The normalized spacial score (nSPS) is 17.3. The van der Waals surface area contributed by atoms with Crippen LogP contribution in [0.5, 0.6) is 5.75 Å². The Morgan fingerprint density at radius 1 is 1.02 bits per heavy atom. The van der Waals surface area contributed by atoms with Crippen LogP contribution in [0.3, 0.4) is 0 Å². The highest BCUT2D eigenvalue weighted by Gasteiger charge is 2.42. The Kier molecular flexibility index (Phi) is 8.15. The van der Waals surface area contributed by atoms with Crippen molar-refractivity contribution in [2.75, 3.05) is 30.8 Å². The zero-order valence-electron chi connectivity index (χ0n) is 24.0. The molecule has 5 rings (SSSR count). The van der Waals surface area contributed by atoms with Crippen molar-refractivity contribution >= 4 is 56.4 Å². The predicted octanol–water partition coefficient (Wildman–Crippen LogP) is 4.89. The minimum Gasteiger partial charge on any atom is -0.489 e. The summed E-state index contributed by atoms with van der Waals surface area (Å²) < 4.78 is 31.9. The molecule has 1 fully saturated rings. The number of halogens is 1. The van der Waals surface area contributed by atoms with Crippen molar-refractivity contribution in [3.8, 4) is 5.75 Å². The van der Waals surface area contributed by atoms with Gasteiger partial charge in [-0.2, -0.15) is 4.98 Å². The monoisotopic (exact) mass is 612 g/mol. The minimum absolute atomic E-state index is 0.116. The van der Waals surface area contributed by atoms with Crippen molar-refractivity contribution in [2.45, 2.75) is 56.4 Å². The van der Waals surface area contributed by atoms with E-state index < -0.39 is 15.1 Å². The van der Waals surface area contributed by atoms with E-state index in [1.165, 1.54) is 17.2 Å². The fourth-order valence-corrected chi connectivity index (χ4v) is 6.36. The molecular weight excluding hydrogens is 580 g/mol. The Bertz CT molecular complexity index is 1660. The van der Waals surface area contributed by atoms with Crippen LogP contribution in [0.2, 0.25) is 5.02 Å². The van der Waals surface area contributed by atoms with Crippen LogP contribution in [0, 0.1) is 0 Å². The zero-order valence-corrected chi connectivity index (χ0v) is 25.6. The predicted molar refractivity (Wildman–Crippen MR) is 161 cm³/mol. The number of hydrogen-bond donors (Lipinski definition) is 2. The van der Waals surface area contributed by atoms with Crippen molar-refractivity contribution in [3.05, 3.63) is 58.7 Å². The van der Waals surface area contributed by atoms with Gasteiger partial charge in [-0.3, -0.25) is 14.5 Å². The number of para-hydroxylation sites is 1. The number of anilines is 4. The number of fused-ring (bicyclic) bond motifs is 1. The van der Waals surface area contributed by atoms with E-state index in [0.29, 0.717) is 23.7 Å². The first kappa shape index (κ1) is 29.7. The quantitative estimate of drug-likeness (QED) is 0.322. The van der Waals surface area contributed by atoms with Gasteiger partial charge in [0.2, 0.25) is 5.95 Å². The Morgan fingerprint density at radius 3 is 2.36 bits per heavy atom. The van der Waals surface area contributed by atoms with E-state index >= 15 is 0 Å². The number of amides is 2. The molecule has 2 N–H and O–H groups in total. The molecule has 0 saturated carbocycles. The van der Waals surface area contributed by atoms with Gasteiger partial charge in [0.15, 0.2) is 15.7 Å². The SMILES string of the molecule is CC(C)Oc1cc2c(cc1Nc1ncc(Cl)c(Nc3ccccc3S(=O)(=O)C(C)C)n1)C(=O)N([C@H]1CCN(C)C1)C2=O. The van der Waals surface area contributed by atoms with Gasteiger partial charge in [0.05, 0.1) is 51.0 Å². The van der Waals surface area contributed by atoms with Gasteiger partial charge in [0.1, 0.15) is 10.8 Å². The van der Waals surface area contributed by atoms with E-state index in [9.17, 15) is 18.0 Å². The lowest BCUT2D eigenvalue weighted by molar-refractivity contribution is 0.0590. The van der Waals surface area contributed by atoms with Gasteiger partial charge < -0.3 is 20.3 Å². The molecule has 11 nitrogen and oxygen atoms in total. The second-order valence-electron chi connectivity index (χ2n) is 11.0. The van der Waals surface area contributed by atoms with Gasteiger partial charge in [0.25, 0.3) is 11.8 Å². The number of carbonyl (C=O) groups excluding carboxylic acids is 2. The van der Waals surface area contributed by atoms with Crippen LogP contribution in [0.25, 0.3) is 0 Å². The molecule has 42 heavy (non-hydrogen) atoms. The number of carbonyl (C=O) groups is 2. The molecule has 2 aliphatic heterocycles. The first-order valence-corrected chi connectivity index (χ1v) is 15.6. The molecule has 0 bridgehead atoms. The number of ether oxygens (including phenoxy) is 1. The van der Waals surface area contributed by atoms with Crippen LogP contribution < -0.4 is 15.4 Å². The van der Waals surface area contributed by atoms with Crippen molar-refractivity contribution in [3.63, 3.8) is 0 Å². The Morgan fingerprint density at radius 2 is 1.71 bits per heavy atom. The third kappa shape index (κ3) is 5.66. The van der Waals surface area contributed by atoms with Gasteiger partial charge >= 0.3 is 0 Å². The van der Waals surface area contributed by atoms with Crippen LogP contribution in [-0.4, -0.2) is 77.5 Å². The van der Waals surface area contributed by atoms with E-state index in [1.54, 1.807) is 44.2 Å². The van der Waals surface area contributed by atoms with Crippen LogP contribution in [-0.2, 0) is 9.84 Å². The summed E-state index contributed by atoms with van der Waals surface area (Å²) in [5.41, 5.74) is 1.28.